The van der Waals surface area contributed by atoms with Gasteiger partial charge in [-0.3, -0.25) is 0 Å². The smallest absolute Gasteiger partial charge is 0.370 e. The second kappa shape index (κ2) is 7.21. The average Bonchev–Trinajstić information content (AvgIpc) is 2.59. The van der Waals surface area contributed by atoms with Crippen molar-refractivity contribution in [2.24, 2.45) is 5.92 Å². The maximum Gasteiger partial charge on any atom is 0.511 e. The van der Waals surface area contributed by atoms with Crippen LogP contribution in [-0.4, -0.2) is 42.8 Å². The number of pyridine rings is 1. The third-order valence-electron chi connectivity index (χ3n) is 4.47. The number of anilines is 1. The molecule has 0 spiro atoms. The molecule has 2 aromatic rings. The summed E-state index contributed by atoms with van der Waals surface area (Å²) in [6.07, 6.45) is 0.702. The molecule has 0 unspecified atom stereocenters. The second-order valence-corrected chi connectivity index (χ2v) is 8.48. The van der Waals surface area contributed by atoms with E-state index in [0.29, 0.717) is 34.7 Å². The Morgan fingerprint density at radius 1 is 1.23 bits per heavy atom. The number of fused-ring (bicyclic) bond motifs is 1. The van der Waals surface area contributed by atoms with Crippen LogP contribution >= 0.6 is 11.6 Å². The van der Waals surface area contributed by atoms with Crippen molar-refractivity contribution in [2.45, 2.75) is 18.3 Å². The molecule has 1 aliphatic rings. The Bertz CT molecular complexity index is 897. The molecule has 1 saturated heterocycles. The molecule has 5 nitrogen and oxygen atoms in total. The number of aromatic nitrogens is 1. The van der Waals surface area contributed by atoms with Gasteiger partial charge in [-0.05, 0) is 30.2 Å². The van der Waals surface area contributed by atoms with E-state index in [1.807, 2.05) is 30.3 Å². The monoisotopic (exact) mass is 407 g/mol. The zero-order valence-electron chi connectivity index (χ0n) is 13.6. The number of benzene rings is 1. The molecule has 3 rings (SSSR count). The Balaban J connectivity index is 1.59. The van der Waals surface area contributed by atoms with Crippen molar-refractivity contribution < 1.29 is 21.6 Å². The summed E-state index contributed by atoms with van der Waals surface area (Å²) in [7, 11) is -5.24. The van der Waals surface area contributed by atoms with Crippen molar-refractivity contribution in [3.63, 3.8) is 0 Å². The molecule has 1 aliphatic heterocycles. The van der Waals surface area contributed by atoms with Crippen molar-refractivity contribution >= 4 is 38.2 Å². The van der Waals surface area contributed by atoms with Gasteiger partial charge in [-0.15, -0.1) is 0 Å². The molecule has 1 N–H and O–H groups in total. The number of halogens is 4. The molecule has 0 amide bonds. The van der Waals surface area contributed by atoms with Gasteiger partial charge in [-0.1, -0.05) is 35.9 Å². The molecule has 1 aromatic carbocycles. The number of rotatable bonds is 4. The molecular formula is C16H17ClF3N3O2S. The standard InChI is InChI=1S/C16H17ClF3N3O2S/c17-15-13-4-2-1-3-12(13)9-14(22-15)21-10-11-5-7-23(8-6-11)26(24,25)16(18,19)20/h1-4,9,11H,5-8,10H2,(H,21,22). The van der Waals surface area contributed by atoms with E-state index in [4.69, 9.17) is 11.6 Å². The highest BCUT2D eigenvalue weighted by Crippen LogP contribution is 2.30. The Kier molecular flexibility index (Phi) is 5.32. The van der Waals surface area contributed by atoms with Crippen molar-refractivity contribution in [1.29, 1.82) is 0 Å². The van der Waals surface area contributed by atoms with E-state index in [2.05, 4.69) is 10.3 Å². The highest BCUT2D eigenvalue weighted by Gasteiger charge is 2.50. The highest BCUT2D eigenvalue weighted by atomic mass is 35.5. The molecule has 0 saturated carbocycles. The number of hydrogen-bond acceptors (Lipinski definition) is 4. The van der Waals surface area contributed by atoms with Gasteiger partial charge < -0.3 is 5.32 Å². The Hall–Kier alpha value is -1.58. The lowest BCUT2D eigenvalue weighted by Crippen LogP contribution is -2.45. The molecule has 0 radical (unpaired) electrons. The first-order valence-electron chi connectivity index (χ1n) is 8.04. The van der Waals surface area contributed by atoms with Crippen LogP contribution in [0.5, 0.6) is 0 Å². The molecule has 2 heterocycles. The largest absolute Gasteiger partial charge is 0.511 e. The lowest BCUT2D eigenvalue weighted by atomic mass is 9.98. The molecule has 26 heavy (non-hydrogen) atoms. The van der Waals surface area contributed by atoms with Crippen molar-refractivity contribution in [1.82, 2.24) is 9.29 Å². The van der Waals surface area contributed by atoms with E-state index in [9.17, 15) is 21.6 Å². The minimum atomic E-state index is -5.25. The fourth-order valence-electron chi connectivity index (χ4n) is 3.00. The van der Waals surface area contributed by atoms with Gasteiger partial charge in [0.25, 0.3) is 0 Å². The molecule has 1 aromatic heterocycles. The van der Waals surface area contributed by atoms with Gasteiger partial charge in [-0.2, -0.15) is 17.5 Å². The van der Waals surface area contributed by atoms with Crippen LogP contribution in [0, 0.1) is 5.92 Å². The Morgan fingerprint density at radius 3 is 2.54 bits per heavy atom. The number of nitrogens with zero attached hydrogens (tertiary/aromatic N) is 2. The van der Waals surface area contributed by atoms with Crippen LogP contribution in [0.15, 0.2) is 30.3 Å². The van der Waals surface area contributed by atoms with Gasteiger partial charge in [0.05, 0.1) is 0 Å². The summed E-state index contributed by atoms with van der Waals surface area (Å²) in [6, 6.07) is 9.38. The van der Waals surface area contributed by atoms with Gasteiger partial charge in [0.15, 0.2) is 0 Å². The van der Waals surface area contributed by atoms with Crippen LogP contribution in [0.1, 0.15) is 12.8 Å². The van der Waals surface area contributed by atoms with Crippen LogP contribution < -0.4 is 5.32 Å². The Labute approximate surface area is 154 Å². The molecule has 10 heteroatoms. The van der Waals surface area contributed by atoms with E-state index in [0.717, 1.165) is 10.8 Å². The predicted octanol–water partition coefficient (Wildman–Crippen LogP) is 3.86. The third-order valence-corrected chi connectivity index (χ3v) is 6.39. The first kappa shape index (κ1) is 19.2. The Morgan fingerprint density at radius 2 is 1.88 bits per heavy atom. The van der Waals surface area contributed by atoms with E-state index >= 15 is 0 Å². The van der Waals surface area contributed by atoms with Gasteiger partial charge in [0, 0.05) is 25.0 Å². The fourth-order valence-corrected chi connectivity index (χ4v) is 4.24. The van der Waals surface area contributed by atoms with Gasteiger partial charge in [0.1, 0.15) is 11.0 Å². The molecule has 0 bridgehead atoms. The van der Waals surface area contributed by atoms with Crippen LogP contribution in [0.3, 0.4) is 0 Å². The van der Waals surface area contributed by atoms with E-state index in [-0.39, 0.29) is 19.0 Å². The van der Waals surface area contributed by atoms with E-state index < -0.39 is 15.5 Å². The number of hydrogen-bond donors (Lipinski definition) is 1. The maximum absolute atomic E-state index is 12.6. The quantitative estimate of drug-likeness (QED) is 0.782. The summed E-state index contributed by atoms with van der Waals surface area (Å²) in [5.74, 6) is 0.640. The van der Waals surface area contributed by atoms with Crippen molar-refractivity contribution in [2.75, 3.05) is 25.0 Å². The summed E-state index contributed by atoms with van der Waals surface area (Å²) < 4.78 is 61.1. The van der Waals surface area contributed by atoms with Crippen molar-refractivity contribution in [3.8, 4) is 0 Å². The van der Waals surface area contributed by atoms with Gasteiger partial charge in [0.2, 0.25) is 0 Å². The summed E-state index contributed by atoms with van der Waals surface area (Å²) in [5.41, 5.74) is -5.25. The zero-order valence-corrected chi connectivity index (χ0v) is 15.2. The first-order chi connectivity index (χ1) is 12.2. The lowest BCUT2D eigenvalue weighted by Gasteiger charge is -2.31. The molecule has 1 fully saturated rings. The molecule has 0 atom stereocenters. The van der Waals surface area contributed by atoms with E-state index in [1.54, 1.807) is 0 Å². The highest BCUT2D eigenvalue weighted by molar-refractivity contribution is 7.90. The number of alkyl halides is 3. The van der Waals surface area contributed by atoms with Crippen LogP contribution in [-0.2, 0) is 10.0 Å². The minimum absolute atomic E-state index is 0.0572. The first-order valence-corrected chi connectivity index (χ1v) is 9.86. The summed E-state index contributed by atoms with van der Waals surface area (Å²) >= 11 is 6.16. The molecular weight excluding hydrogens is 391 g/mol. The average molecular weight is 408 g/mol. The number of sulfonamides is 1. The van der Waals surface area contributed by atoms with Gasteiger partial charge in [-0.25, -0.2) is 13.4 Å². The van der Waals surface area contributed by atoms with Crippen LogP contribution in [0.2, 0.25) is 5.15 Å². The predicted molar refractivity (Wildman–Crippen MR) is 94.5 cm³/mol. The van der Waals surface area contributed by atoms with Crippen molar-refractivity contribution in [3.05, 3.63) is 35.5 Å². The SMILES string of the molecule is O=S(=O)(N1CCC(CNc2cc3ccccc3c(Cl)n2)CC1)C(F)(F)F. The number of piperidine rings is 1. The van der Waals surface area contributed by atoms with E-state index in [1.165, 1.54) is 0 Å². The number of nitrogens with one attached hydrogen (secondary N) is 1. The van der Waals surface area contributed by atoms with Crippen LogP contribution in [0.25, 0.3) is 10.8 Å². The zero-order chi connectivity index (χ0) is 18.9. The van der Waals surface area contributed by atoms with Crippen LogP contribution in [0.4, 0.5) is 19.0 Å². The maximum atomic E-state index is 12.6. The normalized spacial score (nSPS) is 17.5. The summed E-state index contributed by atoms with van der Waals surface area (Å²) in [4.78, 5) is 4.27. The fraction of sp³-hybridized carbons (Fsp3) is 0.438. The third kappa shape index (κ3) is 3.89. The summed E-state index contributed by atoms with van der Waals surface area (Å²) in [5, 5.41) is 5.29. The lowest BCUT2D eigenvalue weighted by molar-refractivity contribution is -0.0496. The van der Waals surface area contributed by atoms with Gasteiger partial charge >= 0.3 is 15.5 Å². The second-order valence-electron chi connectivity index (χ2n) is 6.19. The summed E-state index contributed by atoms with van der Waals surface area (Å²) in [6.45, 7) is 0.210. The molecule has 142 valence electrons. The topological polar surface area (TPSA) is 62.3 Å². The minimum Gasteiger partial charge on any atom is -0.370 e. The molecule has 0 aliphatic carbocycles.